The normalized spacial score (nSPS) is 11.7. The van der Waals surface area contributed by atoms with E-state index in [0.29, 0.717) is 17.9 Å². The number of rotatable bonds is 5. The van der Waals surface area contributed by atoms with Crippen molar-refractivity contribution in [3.63, 3.8) is 0 Å². The van der Waals surface area contributed by atoms with E-state index in [1.54, 1.807) is 13.0 Å². The van der Waals surface area contributed by atoms with E-state index in [2.05, 4.69) is 5.32 Å². The van der Waals surface area contributed by atoms with E-state index in [0.717, 1.165) is 0 Å². The number of methoxy groups -OCH3 is 1. The predicted molar refractivity (Wildman–Crippen MR) is 68.4 cm³/mol. The molecule has 0 aliphatic rings. The Morgan fingerprint density at radius 1 is 1.44 bits per heavy atom. The van der Waals surface area contributed by atoms with Gasteiger partial charge in [-0.15, -0.1) is 0 Å². The molecule has 98 valence electrons. The van der Waals surface area contributed by atoms with Crippen LogP contribution in [-0.4, -0.2) is 25.0 Å². The lowest BCUT2D eigenvalue weighted by molar-refractivity contribution is -0.117. The van der Waals surface area contributed by atoms with Crippen LogP contribution < -0.4 is 21.5 Å². The molecular weight excluding hydrogens is 234 g/mol. The minimum absolute atomic E-state index is 0.288. The Kier molecular flexibility index (Phi) is 4.67. The molecule has 0 aliphatic heterocycles. The Bertz CT molecular complexity index is 460. The smallest absolute Gasteiger partial charge is 0.248 e. The maximum Gasteiger partial charge on any atom is 0.248 e. The number of ether oxygens (including phenoxy) is 1. The van der Waals surface area contributed by atoms with Crippen molar-refractivity contribution in [3.8, 4) is 5.75 Å². The minimum atomic E-state index is -0.605. The van der Waals surface area contributed by atoms with Gasteiger partial charge >= 0.3 is 0 Å². The highest BCUT2D eigenvalue weighted by Crippen LogP contribution is 2.25. The predicted octanol–water partition coefficient (Wildman–Crippen LogP) is 0.470. The Morgan fingerprint density at radius 2 is 2.11 bits per heavy atom. The van der Waals surface area contributed by atoms with E-state index in [1.165, 1.54) is 19.2 Å². The lowest BCUT2D eigenvalue weighted by Crippen LogP contribution is -2.35. The van der Waals surface area contributed by atoms with Crippen molar-refractivity contribution in [2.45, 2.75) is 19.4 Å². The molecule has 1 atom stereocenters. The van der Waals surface area contributed by atoms with Gasteiger partial charge in [0.25, 0.3) is 0 Å². The highest BCUT2D eigenvalue weighted by Gasteiger charge is 2.14. The zero-order valence-corrected chi connectivity index (χ0v) is 10.4. The van der Waals surface area contributed by atoms with E-state index < -0.39 is 11.9 Å². The van der Waals surface area contributed by atoms with Crippen LogP contribution in [0.5, 0.6) is 5.75 Å². The Balaban J connectivity index is 3.01. The molecule has 6 nitrogen and oxygen atoms in total. The number of hydrogen-bond donors (Lipinski definition) is 3. The summed E-state index contributed by atoms with van der Waals surface area (Å²) in [5.41, 5.74) is 11.4. The fourth-order valence-electron chi connectivity index (χ4n) is 1.37. The van der Waals surface area contributed by atoms with E-state index in [4.69, 9.17) is 16.2 Å². The van der Waals surface area contributed by atoms with Gasteiger partial charge in [0, 0.05) is 5.56 Å². The van der Waals surface area contributed by atoms with Crippen LogP contribution in [0.15, 0.2) is 18.2 Å². The van der Waals surface area contributed by atoms with E-state index in [1.807, 2.05) is 0 Å². The van der Waals surface area contributed by atoms with Crippen LogP contribution in [0.2, 0.25) is 0 Å². The molecule has 1 unspecified atom stereocenters. The first-order chi connectivity index (χ1) is 8.49. The number of benzene rings is 1. The molecular formula is C12H17N3O3. The van der Waals surface area contributed by atoms with Crippen molar-refractivity contribution < 1.29 is 14.3 Å². The van der Waals surface area contributed by atoms with Gasteiger partial charge in [-0.2, -0.15) is 0 Å². The molecule has 0 aliphatic carbocycles. The molecule has 6 heteroatoms. The molecule has 18 heavy (non-hydrogen) atoms. The zero-order valence-electron chi connectivity index (χ0n) is 10.4. The van der Waals surface area contributed by atoms with Crippen LogP contribution in [0, 0.1) is 0 Å². The van der Waals surface area contributed by atoms with Crippen molar-refractivity contribution in [2.75, 3.05) is 12.4 Å². The zero-order chi connectivity index (χ0) is 13.7. The fourth-order valence-corrected chi connectivity index (χ4v) is 1.37. The number of nitrogens with two attached hydrogens (primary N) is 2. The number of primary amides is 1. The van der Waals surface area contributed by atoms with Crippen molar-refractivity contribution in [2.24, 2.45) is 11.5 Å². The third-order valence-corrected chi connectivity index (χ3v) is 2.52. The summed E-state index contributed by atoms with van der Waals surface area (Å²) in [6.45, 7) is 1.81. The van der Waals surface area contributed by atoms with E-state index in [9.17, 15) is 9.59 Å². The summed E-state index contributed by atoms with van der Waals surface area (Å²) >= 11 is 0. The van der Waals surface area contributed by atoms with Gasteiger partial charge in [0.2, 0.25) is 11.8 Å². The molecule has 0 aromatic heterocycles. The number of carbonyl (C=O) groups is 2. The summed E-state index contributed by atoms with van der Waals surface area (Å²) in [5, 5.41) is 2.61. The molecule has 0 saturated heterocycles. The Labute approximate surface area is 105 Å². The summed E-state index contributed by atoms with van der Waals surface area (Å²) in [6.07, 6.45) is 0.518. The van der Waals surface area contributed by atoms with Crippen molar-refractivity contribution in [1.29, 1.82) is 0 Å². The lowest BCUT2D eigenvalue weighted by Gasteiger charge is -2.13. The molecule has 2 amide bonds. The summed E-state index contributed by atoms with van der Waals surface area (Å²) in [6, 6.07) is 3.94. The van der Waals surface area contributed by atoms with Crippen molar-refractivity contribution >= 4 is 17.5 Å². The van der Waals surface area contributed by atoms with E-state index >= 15 is 0 Å². The number of amides is 2. The summed E-state index contributed by atoms with van der Waals surface area (Å²) in [4.78, 5) is 22.8. The van der Waals surface area contributed by atoms with Crippen LogP contribution in [0.4, 0.5) is 5.69 Å². The van der Waals surface area contributed by atoms with Gasteiger partial charge in [0.05, 0.1) is 18.8 Å². The van der Waals surface area contributed by atoms with Crippen LogP contribution in [0.1, 0.15) is 23.7 Å². The fraction of sp³-hybridized carbons (Fsp3) is 0.333. The number of anilines is 1. The molecule has 0 fully saturated rings. The van der Waals surface area contributed by atoms with Crippen molar-refractivity contribution in [3.05, 3.63) is 23.8 Å². The van der Waals surface area contributed by atoms with Gasteiger partial charge in [-0.1, -0.05) is 6.92 Å². The quantitative estimate of drug-likeness (QED) is 0.706. The largest absolute Gasteiger partial charge is 0.495 e. The van der Waals surface area contributed by atoms with Gasteiger partial charge in [-0.3, -0.25) is 9.59 Å². The van der Waals surface area contributed by atoms with E-state index in [-0.39, 0.29) is 11.5 Å². The summed E-state index contributed by atoms with van der Waals surface area (Å²) in [5.74, 6) is -0.470. The van der Waals surface area contributed by atoms with Crippen molar-refractivity contribution in [1.82, 2.24) is 0 Å². The third kappa shape index (κ3) is 3.21. The average Bonchev–Trinajstić information content (AvgIpc) is 2.37. The second-order valence-corrected chi connectivity index (χ2v) is 3.78. The molecule has 0 bridgehead atoms. The highest BCUT2D eigenvalue weighted by molar-refractivity contribution is 5.99. The molecule has 0 heterocycles. The molecule has 0 radical (unpaired) electrons. The van der Waals surface area contributed by atoms with Gasteiger partial charge in [-0.05, 0) is 24.6 Å². The SMILES string of the molecule is CCC(N)C(=O)Nc1cc(C(N)=O)ccc1OC. The lowest BCUT2D eigenvalue weighted by atomic mass is 10.1. The standard InChI is InChI=1S/C12H17N3O3/c1-3-8(13)12(17)15-9-6-7(11(14)16)4-5-10(9)18-2/h4-6,8H,3,13H2,1-2H3,(H2,14,16)(H,15,17). The average molecular weight is 251 g/mol. The number of nitrogens with one attached hydrogen (secondary N) is 1. The van der Waals surface area contributed by atoms with Gasteiger partial charge in [0.15, 0.2) is 0 Å². The Hall–Kier alpha value is -2.08. The van der Waals surface area contributed by atoms with Crippen LogP contribution >= 0.6 is 0 Å². The molecule has 1 aromatic rings. The first-order valence-electron chi connectivity index (χ1n) is 5.53. The molecule has 0 saturated carbocycles. The molecule has 1 aromatic carbocycles. The van der Waals surface area contributed by atoms with Crippen LogP contribution in [0.3, 0.4) is 0 Å². The Morgan fingerprint density at radius 3 is 2.61 bits per heavy atom. The summed E-state index contributed by atoms with van der Waals surface area (Å²) < 4.78 is 5.09. The number of hydrogen-bond acceptors (Lipinski definition) is 4. The number of carbonyl (C=O) groups excluding carboxylic acids is 2. The minimum Gasteiger partial charge on any atom is -0.495 e. The van der Waals surface area contributed by atoms with Crippen LogP contribution in [-0.2, 0) is 4.79 Å². The summed E-state index contributed by atoms with van der Waals surface area (Å²) in [7, 11) is 1.47. The van der Waals surface area contributed by atoms with Crippen LogP contribution in [0.25, 0.3) is 0 Å². The molecule has 0 spiro atoms. The second kappa shape index (κ2) is 6.02. The monoisotopic (exact) mass is 251 g/mol. The highest BCUT2D eigenvalue weighted by atomic mass is 16.5. The van der Waals surface area contributed by atoms with Gasteiger partial charge in [0.1, 0.15) is 5.75 Å². The molecule has 1 rings (SSSR count). The third-order valence-electron chi connectivity index (χ3n) is 2.52. The first-order valence-corrected chi connectivity index (χ1v) is 5.53. The molecule has 5 N–H and O–H groups in total. The topological polar surface area (TPSA) is 107 Å². The second-order valence-electron chi connectivity index (χ2n) is 3.78. The van der Waals surface area contributed by atoms with Gasteiger partial charge < -0.3 is 21.5 Å². The van der Waals surface area contributed by atoms with Gasteiger partial charge in [-0.25, -0.2) is 0 Å². The first kappa shape index (κ1) is 14.0. The maximum atomic E-state index is 11.7. The maximum absolute atomic E-state index is 11.7.